The van der Waals surface area contributed by atoms with Gasteiger partial charge in [-0.3, -0.25) is 4.79 Å². The molecule has 1 saturated heterocycles. The fourth-order valence-corrected chi connectivity index (χ4v) is 2.00. The number of carbonyl (C=O) groups is 1. The summed E-state index contributed by atoms with van der Waals surface area (Å²) in [5.74, 6) is -0.552. The van der Waals surface area contributed by atoms with Gasteiger partial charge in [-0.25, -0.2) is 0 Å². The first-order valence-electron chi connectivity index (χ1n) is 6.06. The van der Waals surface area contributed by atoms with Crippen LogP contribution >= 0.6 is 0 Å². The van der Waals surface area contributed by atoms with Crippen LogP contribution < -0.4 is 5.32 Å². The van der Waals surface area contributed by atoms with E-state index in [9.17, 15) is 4.79 Å². The summed E-state index contributed by atoms with van der Waals surface area (Å²) >= 11 is 0. The topological polar surface area (TPSA) is 56.1 Å². The number of carbonyl (C=O) groups excluding carboxylic acids is 1. The molecule has 0 bridgehead atoms. The molecule has 1 atom stereocenters. The minimum Gasteiger partial charge on any atom is -0.352 e. The first-order valence-corrected chi connectivity index (χ1v) is 6.06. The molecule has 1 aliphatic rings. The number of rotatable bonds is 4. The van der Waals surface area contributed by atoms with Crippen LogP contribution in [-0.2, 0) is 4.79 Å². The molecule has 4 nitrogen and oxygen atoms in total. The number of nitrogens with zero attached hydrogens (tertiary/aromatic N) is 2. The highest BCUT2D eigenvalue weighted by Gasteiger charge is 2.22. The van der Waals surface area contributed by atoms with Crippen LogP contribution in [0, 0.1) is 17.2 Å². The molecule has 0 saturated carbocycles. The van der Waals surface area contributed by atoms with Crippen LogP contribution in [0.25, 0.3) is 0 Å². The standard InChI is InChI=1S/C12H21N3O/c1-3-4-10(9-13)12(16)14-11-5-7-15(2)8-6-11/h10-11H,3-8H2,1-2H3,(H,14,16). The van der Waals surface area contributed by atoms with E-state index in [1.165, 1.54) is 0 Å². The SMILES string of the molecule is CCCC(C#N)C(=O)NC1CCN(C)CC1. The molecule has 0 aromatic rings. The Bertz CT molecular complexity index is 264. The van der Waals surface area contributed by atoms with Gasteiger partial charge >= 0.3 is 0 Å². The molecule has 1 N–H and O–H groups in total. The van der Waals surface area contributed by atoms with Gasteiger partial charge in [0.2, 0.25) is 5.91 Å². The van der Waals surface area contributed by atoms with Crippen LogP contribution in [0.15, 0.2) is 0 Å². The van der Waals surface area contributed by atoms with E-state index < -0.39 is 5.92 Å². The Morgan fingerprint density at radius 3 is 2.69 bits per heavy atom. The van der Waals surface area contributed by atoms with Crippen molar-refractivity contribution in [3.05, 3.63) is 0 Å². The van der Waals surface area contributed by atoms with Crippen molar-refractivity contribution in [2.75, 3.05) is 20.1 Å². The third kappa shape index (κ3) is 3.82. The number of likely N-dealkylation sites (tertiary alicyclic amines) is 1. The first kappa shape index (κ1) is 13.0. The minimum absolute atomic E-state index is 0.0843. The Kier molecular flexibility index (Phi) is 5.27. The van der Waals surface area contributed by atoms with Crippen molar-refractivity contribution in [1.29, 1.82) is 5.26 Å². The quantitative estimate of drug-likeness (QED) is 0.777. The van der Waals surface area contributed by atoms with E-state index in [-0.39, 0.29) is 11.9 Å². The Morgan fingerprint density at radius 2 is 2.19 bits per heavy atom. The monoisotopic (exact) mass is 223 g/mol. The van der Waals surface area contributed by atoms with Gasteiger partial charge in [0.15, 0.2) is 0 Å². The lowest BCUT2D eigenvalue weighted by Crippen LogP contribution is -2.45. The van der Waals surface area contributed by atoms with Crippen molar-refractivity contribution in [2.24, 2.45) is 5.92 Å². The maximum absolute atomic E-state index is 11.8. The van der Waals surface area contributed by atoms with Gasteiger partial charge in [-0.05, 0) is 39.4 Å². The van der Waals surface area contributed by atoms with E-state index >= 15 is 0 Å². The summed E-state index contributed by atoms with van der Waals surface area (Å²) in [4.78, 5) is 14.0. The second-order valence-electron chi connectivity index (χ2n) is 4.56. The van der Waals surface area contributed by atoms with Crippen molar-refractivity contribution in [2.45, 2.75) is 38.6 Å². The average molecular weight is 223 g/mol. The van der Waals surface area contributed by atoms with E-state index in [2.05, 4.69) is 23.3 Å². The number of amides is 1. The predicted octanol–water partition coefficient (Wildman–Crippen LogP) is 1.14. The molecular formula is C12H21N3O. The first-order chi connectivity index (χ1) is 7.67. The summed E-state index contributed by atoms with van der Waals surface area (Å²) < 4.78 is 0. The second-order valence-corrected chi connectivity index (χ2v) is 4.56. The lowest BCUT2D eigenvalue weighted by molar-refractivity contribution is -0.124. The third-order valence-corrected chi connectivity index (χ3v) is 3.11. The Hall–Kier alpha value is -1.08. The van der Waals surface area contributed by atoms with Gasteiger partial charge in [0.05, 0.1) is 6.07 Å². The van der Waals surface area contributed by atoms with Crippen LogP contribution in [0.2, 0.25) is 0 Å². The molecule has 0 radical (unpaired) electrons. The molecule has 1 unspecified atom stereocenters. The molecule has 0 spiro atoms. The Balaban J connectivity index is 2.36. The minimum atomic E-state index is -0.468. The van der Waals surface area contributed by atoms with Crippen molar-refractivity contribution >= 4 is 5.91 Å². The Morgan fingerprint density at radius 1 is 1.56 bits per heavy atom. The lowest BCUT2D eigenvalue weighted by atomic mass is 10.0. The van der Waals surface area contributed by atoms with E-state index in [4.69, 9.17) is 5.26 Å². The van der Waals surface area contributed by atoms with Crippen molar-refractivity contribution in [1.82, 2.24) is 10.2 Å². The number of hydrogen-bond acceptors (Lipinski definition) is 3. The van der Waals surface area contributed by atoms with E-state index in [0.29, 0.717) is 6.42 Å². The zero-order valence-corrected chi connectivity index (χ0v) is 10.2. The Labute approximate surface area is 97.6 Å². The summed E-state index contributed by atoms with van der Waals surface area (Å²) in [6, 6.07) is 2.34. The van der Waals surface area contributed by atoms with Crippen molar-refractivity contribution in [3.8, 4) is 6.07 Å². The van der Waals surface area contributed by atoms with Crippen molar-refractivity contribution < 1.29 is 4.79 Å². The molecular weight excluding hydrogens is 202 g/mol. The van der Waals surface area contributed by atoms with Gasteiger partial charge in [-0.2, -0.15) is 5.26 Å². The van der Waals surface area contributed by atoms with Crippen molar-refractivity contribution in [3.63, 3.8) is 0 Å². The molecule has 1 amide bonds. The van der Waals surface area contributed by atoms with Crippen LogP contribution in [-0.4, -0.2) is 37.0 Å². The summed E-state index contributed by atoms with van der Waals surface area (Å²) in [6.45, 7) is 4.04. The maximum Gasteiger partial charge on any atom is 0.237 e. The van der Waals surface area contributed by atoms with E-state index in [1.54, 1.807) is 0 Å². The number of nitrogens with one attached hydrogen (secondary N) is 1. The normalized spacial score (nSPS) is 20.1. The summed E-state index contributed by atoms with van der Waals surface area (Å²) in [7, 11) is 2.09. The lowest BCUT2D eigenvalue weighted by Gasteiger charge is -2.29. The molecule has 16 heavy (non-hydrogen) atoms. The smallest absolute Gasteiger partial charge is 0.237 e. The third-order valence-electron chi connectivity index (χ3n) is 3.11. The van der Waals surface area contributed by atoms with Crippen LogP contribution in [0.3, 0.4) is 0 Å². The fourth-order valence-electron chi connectivity index (χ4n) is 2.00. The van der Waals surface area contributed by atoms with Crippen LogP contribution in [0.4, 0.5) is 0 Å². The van der Waals surface area contributed by atoms with Gasteiger partial charge in [-0.15, -0.1) is 0 Å². The van der Waals surface area contributed by atoms with Gasteiger partial charge < -0.3 is 10.2 Å². The van der Waals surface area contributed by atoms with Gasteiger partial charge in [0.25, 0.3) is 0 Å². The number of nitriles is 1. The largest absolute Gasteiger partial charge is 0.352 e. The zero-order chi connectivity index (χ0) is 12.0. The number of hydrogen-bond donors (Lipinski definition) is 1. The van der Waals surface area contributed by atoms with Gasteiger partial charge in [-0.1, -0.05) is 13.3 Å². The molecule has 1 rings (SSSR count). The van der Waals surface area contributed by atoms with Gasteiger partial charge in [0.1, 0.15) is 5.92 Å². The molecule has 1 aliphatic heterocycles. The highest BCUT2D eigenvalue weighted by Crippen LogP contribution is 2.11. The number of piperidine rings is 1. The average Bonchev–Trinajstić information content (AvgIpc) is 2.29. The van der Waals surface area contributed by atoms with Crippen LogP contribution in [0.5, 0.6) is 0 Å². The molecule has 90 valence electrons. The highest BCUT2D eigenvalue weighted by atomic mass is 16.1. The molecule has 1 heterocycles. The summed E-state index contributed by atoms with van der Waals surface area (Å²) in [5.41, 5.74) is 0. The molecule has 0 aromatic carbocycles. The van der Waals surface area contributed by atoms with E-state index in [1.807, 2.05) is 6.92 Å². The maximum atomic E-state index is 11.8. The molecule has 4 heteroatoms. The van der Waals surface area contributed by atoms with Gasteiger partial charge in [0, 0.05) is 6.04 Å². The highest BCUT2D eigenvalue weighted by molar-refractivity contribution is 5.81. The predicted molar refractivity (Wildman–Crippen MR) is 62.7 cm³/mol. The summed E-state index contributed by atoms with van der Waals surface area (Å²) in [6.07, 6.45) is 3.52. The summed E-state index contributed by atoms with van der Waals surface area (Å²) in [5, 5.41) is 11.9. The zero-order valence-electron chi connectivity index (χ0n) is 10.2. The molecule has 0 aliphatic carbocycles. The fraction of sp³-hybridized carbons (Fsp3) is 0.833. The van der Waals surface area contributed by atoms with Crippen LogP contribution in [0.1, 0.15) is 32.6 Å². The van der Waals surface area contributed by atoms with E-state index in [0.717, 1.165) is 32.4 Å². The second kappa shape index (κ2) is 6.49. The molecule has 1 fully saturated rings. The molecule has 0 aromatic heterocycles.